The fourth-order valence-corrected chi connectivity index (χ4v) is 0.677. The Balaban J connectivity index is -0.0000000600. The topological polar surface area (TPSA) is 0 Å². The van der Waals surface area contributed by atoms with Crippen molar-refractivity contribution in [3.63, 3.8) is 0 Å². The number of hydrogen-bond acceptors (Lipinski definition) is 0. The van der Waals surface area contributed by atoms with Crippen LogP contribution in [0.25, 0.3) is 0 Å². The molecule has 0 fully saturated rings. The van der Waals surface area contributed by atoms with E-state index in [4.69, 9.17) is 0 Å². The first kappa shape index (κ1) is 22.5. The van der Waals surface area contributed by atoms with Crippen LogP contribution in [0.5, 0.6) is 0 Å². The van der Waals surface area contributed by atoms with Crippen molar-refractivity contribution in [2.24, 2.45) is 0 Å². The molecule has 0 aromatic carbocycles. The van der Waals surface area contributed by atoms with Gasteiger partial charge in [0.25, 0.3) is 0 Å². The molecule has 0 rings (SSSR count). The van der Waals surface area contributed by atoms with Crippen LogP contribution < -0.4 is 24.8 Å². The van der Waals surface area contributed by atoms with E-state index >= 15 is 0 Å². The first-order chi connectivity index (χ1) is 3.41. The molecule has 0 N–H and O–H groups in total. The number of rotatable bonds is 4. The molecule has 0 radical (unpaired) electrons. The summed E-state index contributed by atoms with van der Waals surface area (Å²) >= 11 is 0. The van der Waals surface area contributed by atoms with Crippen molar-refractivity contribution in [1.29, 1.82) is 0 Å². The van der Waals surface area contributed by atoms with Crippen molar-refractivity contribution in [1.82, 2.24) is 0 Å². The first-order valence-corrected chi connectivity index (χ1v) is 3.41. The molecule has 0 aromatic heterocycles. The zero-order chi connectivity index (χ0) is 5.54. The molecule has 0 atom stereocenters. The van der Waals surface area contributed by atoms with Crippen molar-refractivity contribution in [2.75, 3.05) is 0 Å². The van der Waals surface area contributed by atoms with E-state index in [1.54, 1.807) is 0 Å². The smallest absolute Gasteiger partial charge is 1.00 e. The predicted molar refractivity (Wildman–Crippen MR) is 34.4 cm³/mol. The summed E-state index contributed by atoms with van der Waals surface area (Å²) in [7, 11) is 0. The summed E-state index contributed by atoms with van der Waals surface area (Å²) in [6.45, 7) is 4.49. The third-order valence-corrected chi connectivity index (χ3v) is 1.21. The van der Waals surface area contributed by atoms with Gasteiger partial charge in [-0.3, -0.25) is 0 Å². The molecule has 3 heteroatoms. The van der Waals surface area contributed by atoms with Crippen LogP contribution in [0.15, 0.2) is 0 Å². The third-order valence-electron chi connectivity index (χ3n) is 1.21. The van der Waals surface area contributed by atoms with E-state index < -0.39 is 0 Å². The normalized spacial score (nSPS) is 6.60. The Kier molecular flexibility index (Phi) is 50.5. The van der Waals surface area contributed by atoms with E-state index in [0.29, 0.717) is 0 Å². The molecule has 0 bridgehead atoms. The Bertz CT molecular complexity index is 30.8. The SMILES string of the molecule is CCCCCCC.[Cl-].[Cl-].[Zn+2]. The zero-order valence-electron chi connectivity index (χ0n) is 7.00. The average Bonchev–Trinajstić information content (AvgIpc) is 1.69. The van der Waals surface area contributed by atoms with Crippen LogP contribution in [0.2, 0.25) is 0 Å². The van der Waals surface area contributed by atoms with Gasteiger partial charge in [-0.15, -0.1) is 0 Å². The molecular formula is C7H16Cl2Zn. The summed E-state index contributed by atoms with van der Waals surface area (Å²) in [6.07, 6.45) is 7.01. The molecule has 0 aliphatic rings. The standard InChI is InChI=1S/C7H16.2ClH.Zn/c1-3-5-7-6-4-2;;;/h3-7H2,1-2H3;2*1H;/q;;;+2/p-2. The molecule has 10 heavy (non-hydrogen) atoms. The fourth-order valence-electron chi connectivity index (χ4n) is 0.677. The molecule has 0 spiro atoms. The van der Waals surface area contributed by atoms with Crippen LogP contribution in [-0.2, 0) is 19.5 Å². The number of halogens is 2. The molecule has 0 aromatic rings. The van der Waals surface area contributed by atoms with Crippen molar-refractivity contribution in [2.45, 2.75) is 46.0 Å². The van der Waals surface area contributed by atoms with Crippen molar-refractivity contribution >= 4 is 0 Å². The van der Waals surface area contributed by atoms with Gasteiger partial charge in [0.2, 0.25) is 0 Å². The van der Waals surface area contributed by atoms with Gasteiger partial charge in [-0.05, 0) is 0 Å². The Morgan fingerprint density at radius 2 is 1.00 bits per heavy atom. The molecule has 0 saturated carbocycles. The van der Waals surface area contributed by atoms with Crippen molar-refractivity contribution < 1.29 is 44.3 Å². The van der Waals surface area contributed by atoms with E-state index in [1.807, 2.05) is 0 Å². The van der Waals surface area contributed by atoms with Crippen molar-refractivity contribution in [3.8, 4) is 0 Å². The van der Waals surface area contributed by atoms with Crippen LogP contribution in [0.3, 0.4) is 0 Å². The van der Waals surface area contributed by atoms with Gasteiger partial charge >= 0.3 is 19.5 Å². The predicted octanol–water partition coefficient (Wildman–Crippen LogP) is -3.02. The van der Waals surface area contributed by atoms with Gasteiger partial charge < -0.3 is 24.8 Å². The van der Waals surface area contributed by atoms with Gasteiger partial charge in [0.15, 0.2) is 0 Å². The summed E-state index contributed by atoms with van der Waals surface area (Å²) in [5.41, 5.74) is 0. The van der Waals surface area contributed by atoms with Crippen LogP contribution >= 0.6 is 0 Å². The van der Waals surface area contributed by atoms with Crippen LogP contribution in [-0.4, -0.2) is 0 Å². The van der Waals surface area contributed by atoms with Gasteiger partial charge in [-0.2, -0.15) is 0 Å². The van der Waals surface area contributed by atoms with Crippen LogP contribution in [0.1, 0.15) is 46.0 Å². The Morgan fingerprint density at radius 1 is 0.700 bits per heavy atom. The monoisotopic (exact) mass is 234 g/mol. The quantitative estimate of drug-likeness (QED) is 0.360. The number of unbranched alkanes of at least 4 members (excludes halogenated alkanes) is 4. The minimum Gasteiger partial charge on any atom is -1.00 e. The zero-order valence-corrected chi connectivity index (χ0v) is 11.5. The van der Waals surface area contributed by atoms with E-state index in [0.717, 1.165) is 0 Å². The van der Waals surface area contributed by atoms with Crippen LogP contribution in [0.4, 0.5) is 0 Å². The van der Waals surface area contributed by atoms with Gasteiger partial charge in [0, 0.05) is 0 Å². The molecule has 60 valence electrons. The third kappa shape index (κ3) is 22.9. The Morgan fingerprint density at radius 3 is 1.20 bits per heavy atom. The molecule has 0 aliphatic heterocycles. The van der Waals surface area contributed by atoms with Gasteiger partial charge in [0.1, 0.15) is 0 Å². The van der Waals surface area contributed by atoms with Gasteiger partial charge in [0.05, 0.1) is 0 Å². The summed E-state index contributed by atoms with van der Waals surface area (Å²) < 4.78 is 0. The maximum Gasteiger partial charge on any atom is 2.00 e. The maximum absolute atomic E-state index is 2.25. The molecule has 0 nitrogen and oxygen atoms in total. The van der Waals surface area contributed by atoms with E-state index in [9.17, 15) is 0 Å². The number of hydrogen-bond donors (Lipinski definition) is 0. The summed E-state index contributed by atoms with van der Waals surface area (Å²) in [4.78, 5) is 0. The molecular weight excluding hydrogens is 220 g/mol. The summed E-state index contributed by atoms with van der Waals surface area (Å²) in [5, 5.41) is 0. The van der Waals surface area contributed by atoms with Crippen LogP contribution in [0, 0.1) is 0 Å². The Hall–Kier alpha value is 1.20. The fraction of sp³-hybridized carbons (Fsp3) is 1.00. The van der Waals surface area contributed by atoms with Gasteiger partial charge in [-0.1, -0.05) is 46.0 Å². The second kappa shape index (κ2) is 22.5. The molecule has 0 unspecified atom stereocenters. The molecule has 0 amide bonds. The van der Waals surface area contributed by atoms with Crippen molar-refractivity contribution in [3.05, 3.63) is 0 Å². The second-order valence-corrected chi connectivity index (χ2v) is 2.06. The summed E-state index contributed by atoms with van der Waals surface area (Å²) in [5.74, 6) is 0. The summed E-state index contributed by atoms with van der Waals surface area (Å²) in [6, 6.07) is 0. The largest absolute Gasteiger partial charge is 2.00 e. The van der Waals surface area contributed by atoms with E-state index in [2.05, 4.69) is 13.8 Å². The van der Waals surface area contributed by atoms with Gasteiger partial charge in [-0.25, -0.2) is 0 Å². The minimum absolute atomic E-state index is 0. The molecule has 0 heterocycles. The Labute approximate surface area is 90.1 Å². The molecule has 0 saturated heterocycles. The molecule has 0 aliphatic carbocycles. The van der Waals surface area contributed by atoms with E-state index in [1.165, 1.54) is 32.1 Å². The minimum atomic E-state index is 0. The maximum atomic E-state index is 2.25. The van der Waals surface area contributed by atoms with E-state index in [-0.39, 0.29) is 44.3 Å². The second-order valence-electron chi connectivity index (χ2n) is 2.06. The average molecular weight is 237 g/mol. The first-order valence-electron chi connectivity index (χ1n) is 3.41.